The minimum absolute atomic E-state index is 0.243. The smallest absolute Gasteiger partial charge is 0.425 e. The van der Waals surface area contributed by atoms with Gasteiger partial charge in [-0.25, -0.2) is 10.1 Å². The molecule has 0 aromatic carbocycles. The second-order valence-electron chi connectivity index (χ2n) is 7.75. The first-order valence-corrected chi connectivity index (χ1v) is 10.6. The van der Waals surface area contributed by atoms with Crippen LogP contribution in [0, 0.1) is 11.3 Å². The van der Waals surface area contributed by atoms with Gasteiger partial charge in [-0.1, -0.05) is 0 Å². The number of nitrogens with zero attached hydrogens (tertiary/aromatic N) is 5. The normalized spacial score (nSPS) is 15.9. The molecule has 1 aliphatic heterocycles. The van der Waals surface area contributed by atoms with Crippen LogP contribution in [0.3, 0.4) is 0 Å². The summed E-state index contributed by atoms with van der Waals surface area (Å²) < 4.78 is 49.6. The minimum atomic E-state index is -4.94. The average Bonchev–Trinajstić information content (AvgIpc) is 2.83. The Morgan fingerprint density at radius 1 is 1.26 bits per heavy atom. The van der Waals surface area contributed by atoms with E-state index >= 15 is 0 Å². The van der Waals surface area contributed by atoms with Crippen LogP contribution < -0.4 is 15.2 Å². The first-order chi connectivity index (χ1) is 16.6. The summed E-state index contributed by atoms with van der Waals surface area (Å²) in [5.74, 6) is -0.606. The number of nitriles is 1. The number of aliphatic hydroxyl groups is 1. The summed E-state index contributed by atoms with van der Waals surface area (Å²) in [6.07, 6.45) is -5.12. The number of halogens is 3. The molecule has 14 heteroatoms. The number of amides is 1. The van der Waals surface area contributed by atoms with Crippen molar-refractivity contribution in [1.29, 1.82) is 5.26 Å². The molecule has 0 bridgehead atoms. The Balaban J connectivity index is 1.44. The molecule has 0 spiro atoms. The monoisotopic (exact) mass is 496 g/mol. The fourth-order valence-electron chi connectivity index (χ4n) is 3.41. The van der Waals surface area contributed by atoms with E-state index in [4.69, 9.17) is 14.7 Å². The lowest BCUT2D eigenvalue weighted by Gasteiger charge is -2.36. The van der Waals surface area contributed by atoms with Gasteiger partial charge in [0.15, 0.2) is 17.4 Å². The highest BCUT2D eigenvalue weighted by molar-refractivity contribution is 5.81. The maximum absolute atomic E-state index is 13.1. The van der Waals surface area contributed by atoms with Crippen LogP contribution in [0.5, 0.6) is 5.75 Å². The number of aliphatic hydroxyl groups excluding tert-OH is 1. The van der Waals surface area contributed by atoms with E-state index in [1.807, 2.05) is 11.0 Å². The van der Waals surface area contributed by atoms with Crippen molar-refractivity contribution in [3.63, 3.8) is 0 Å². The zero-order chi connectivity index (χ0) is 25.6. The lowest BCUT2D eigenvalue weighted by atomic mass is 10.2. The molecule has 2 aromatic heterocycles. The number of ether oxygens (including phenoxy) is 2. The molecule has 1 aliphatic rings. The van der Waals surface area contributed by atoms with E-state index in [1.165, 1.54) is 18.0 Å². The maximum atomic E-state index is 13.1. The number of aromatic amines is 1. The molecular formula is C21H23F3N6O5. The second-order valence-corrected chi connectivity index (χ2v) is 7.75. The van der Waals surface area contributed by atoms with E-state index in [1.54, 1.807) is 17.2 Å². The highest BCUT2D eigenvalue weighted by Crippen LogP contribution is 2.33. The van der Waals surface area contributed by atoms with E-state index in [0.717, 1.165) is 6.20 Å². The summed E-state index contributed by atoms with van der Waals surface area (Å²) in [5, 5.41) is 24.1. The molecule has 3 heterocycles. The highest BCUT2D eigenvalue weighted by atomic mass is 19.4. The number of carbonyl (C=O) groups excluding carboxylic acids is 1. The number of H-pyrrole nitrogens is 1. The molecule has 2 atom stereocenters. The summed E-state index contributed by atoms with van der Waals surface area (Å²) >= 11 is 0. The van der Waals surface area contributed by atoms with E-state index in [0.29, 0.717) is 37.6 Å². The molecule has 0 radical (unpaired) electrons. The molecule has 2 unspecified atom stereocenters. The van der Waals surface area contributed by atoms with Gasteiger partial charge in [-0.05, 0) is 19.1 Å². The predicted molar refractivity (Wildman–Crippen MR) is 115 cm³/mol. The topological polar surface area (TPSA) is 145 Å². The summed E-state index contributed by atoms with van der Waals surface area (Å²) in [7, 11) is 0. The fourth-order valence-corrected chi connectivity index (χ4v) is 3.41. The molecule has 188 valence electrons. The van der Waals surface area contributed by atoms with Crippen LogP contribution in [0.1, 0.15) is 18.1 Å². The van der Waals surface area contributed by atoms with Crippen molar-refractivity contribution in [3.05, 3.63) is 46.0 Å². The number of anilines is 1. The number of piperazine rings is 1. The third-order valence-corrected chi connectivity index (χ3v) is 5.14. The number of alkyl halides is 3. The van der Waals surface area contributed by atoms with Crippen molar-refractivity contribution in [1.82, 2.24) is 20.1 Å². The van der Waals surface area contributed by atoms with Crippen molar-refractivity contribution < 1.29 is 32.5 Å². The predicted octanol–water partition coefficient (Wildman–Crippen LogP) is 0.549. The Morgan fingerprint density at radius 3 is 2.57 bits per heavy atom. The second kappa shape index (κ2) is 11.2. The average molecular weight is 496 g/mol. The Morgan fingerprint density at radius 2 is 1.97 bits per heavy atom. The van der Waals surface area contributed by atoms with Crippen molar-refractivity contribution in [2.45, 2.75) is 25.3 Å². The standard InChI is InChI=1S/C21H23F3N6O5/c1-13(35-16-10-27-28-19(32)18(16)21(22,23)24)11-34-12-15(31)20(33)30-6-4-29(5-7-30)17-3-2-14(8-25)9-26-17/h2-3,9-10,13,15,31H,4-7,11-12H2,1H3,(H,28,32). The van der Waals surface area contributed by atoms with E-state index < -0.39 is 41.2 Å². The zero-order valence-electron chi connectivity index (χ0n) is 18.7. The van der Waals surface area contributed by atoms with Gasteiger partial charge in [-0.3, -0.25) is 9.59 Å². The Labute approximate surface area is 197 Å². The largest absolute Gasteiger partial charge is 0.486 e. The van der Waals surface area contributed by atoms with Crippen molar-refractivity contribution in [2.24, 2.45) is 0 Å². The number of hydrogen-bond acceptors (Lipinski definition) is 9. The number of hydrogen-bond donors (Lipinski definition) is 2. The molecule has 2 N–H and O–H groups in total. The molecule has 1 amide bonds. The van der Waals surface area contributed by atoms with Crippen LogP contribution in [0.4, 0.5) is 19.0 Å². The van der Waals surface area contributed by atoms with E-state index in [9.17, 15) is 27.9 Å². The summed E-state index contributed by atoms with van der Waals surface area (Å²) in [6.45, 7) is 2.42. The number of pyridine rings is 1. The van der Waals surface area contributed by atoms with Gasteiger partial charge in [0.1, 0.15) is 18.0 Å². The van der Waals surface area contributed by atoms with Crippen molar-refractivity contribution in [3.8, 4) is 11.8 Å². The molecule has 3 rings (SSSR count). The van der Waals surface area contributed by atoms with E-state index in [2.05, 4.69) is 10.1 Å². The Hall–Kier alpha value is -3.70. The lowest BCUT2D eigenvalue weighted by molar-refractivity contribution is -0.145. The third-order valence-electron chi connectivity index (χ3n) is 5.14. The SMILES string of the molecule is CC(COCC(O)C(=O)N1CCN(c2ccc(C#N)cn2)CC1)Oc1cn[nH]c(=O)c1C(F)(F)F. The molecular weight excluding hydrogens is 473 g/mol. The fraction of sp³-hybridized carbons (Fsp3) is 0.476. The number of nitrogens with one attached hydrogen (secondary N) is 1. The van der Waals surface area contributed by atoms with Crippen LogP contribution in [-0.4, -0.2) is 82.7 Å². The van der Waals surface area contributed by atoms with E-state index in [-0.39, 0.29) is 13.2 Å². The molecule has 1 fully saturated rings. The molecule has 0 saturated carbocycles. The number of aromatic nitrogens is 3. The van der Waals surface area contributed by atoms with Crippen LogP contribution >= 0.6 is 0 Å². The first-order valence-electron chi connectivity index (χ1n) is 10.6. The van der Waals surface area contributed by atoms with Gasteiger partial charge < -0.3 is 24.4 Å². The van der Waals surface area contributed by atoms with Crippen LogP contribution in [0.2, 0.25) is 0 Å². The van der Waals surface area contributed by atoms with Gasteiger partial charge in [0.2, 0.25) is 0 Å². The summed E-state index contributed by atoms with van der Waals surface area (Å²) in [6, 6.07) is 5.37. The Kier molecular flexibility index (Phi) is 8.26. The summed E-state index contributed by atoms with van der Waals surface area (Å²) in [4.78, 5) is 31.6. The van der Waals surface area contributed by atoms with Gasteiger partial charge in [0.25, 0.3) is 11.5 Å². The first kappa shape index (κ1) is 25.9. The van der Waals surface area contributed by atoms with Crippen LogP contribution in [-0.2, 0) is 15.7 Å². The molecule has 0 aliphatic carbocycles. The van der Waals surface area contributed by atoms with Gasteiger partial charge >= 0.3 is 6.18 Å². The number of rotatable bonds is 8. The molecule has 35 heavy (non-hydrogen) atoms. The summed E-state index contributed by atoms with van der Waals surface area (Å²) in [5.41, 5.74) is -2.50. The quantitative estimate of drug-likeness (QED) is 0.535. The highest BCUT2D eigenvalue weighted by Gasteiger charge is 2.38. The third kappa shape index (κ3) is 6.67. The van der Waals surface area contributed by atoms with Gasteiger partial charge in [0, 0.05) is 32.4 Å². The van der Waals surface area contributed by atoms with Crippen LogP contribution in [0.15, 0.2) is 29.3 Å². The van der Waals surface area contributed by atoms with Crippen molar-refractivity contribution in [2.75, 3.05) is 44.3 Å². The Bertz CT molecular complexity index is 1110. The zero-order valence-corrected chi connectivity index (χ0v) is 18.7. The molecule has 1 saturated heterocycles. The maximum Gasteiger partial charge on any atom is 0.425 e. The van der Waals surface area contributed by atoms with Gasteiger partial charge in [0.05, 0.1) is 25.0 Å². The van der Waals surface area contributed by atoms with Gasteiger partial charge in [-0.2, -0.15) is 23.5 Å². The molecule has 11 nitrogen and oxygen atoms in total. The molecule has 2 aromatic rings. The number of carbonyl (C=O) groups is 1. The van der Waals surface area contributed by atoms with Gasteiger partial charge in [-0.15, -0.1) is 0 Å². The minimum Gasteiger partial charge on any atom is -0.486 e. The lowest BCUT2D eigenvalue weighted by Crippen LogP contribution is -2.52. The van der Waals surface area contributed by atoms with Crippen LogP contribution in [0.25, 0.3) is 0 Å². The van der Waals surface area contributed by atoms with Crippen molar-refractivity contribution >= 4 is 11.7 Å².